The number of rotatable bonds is 7. The van der Waals surface area contributed by atoms with Crippen LogP contribution >= 0.6 is 23.1 Å². The van der Waals surface area contributed by atoms with Gasteiger partial charge in [-0.3, -0.25) is 10.1 Å². The van der Waals surface area contributed by atoms with E-state index in [0.717, 1.165) is 28.0 Å². The Hall–Kier alpha value is -2.39. The molecule has 2 aromatic heterocycles. The lowest BCUT2D eigenvalue weighted by Crippen LogP contribution is -2.29. The van der Waals surface area contributed by atoms with E-state index in [1.54, 1.807) is 12.1 Å². The first kappa shape index (κ1) is 22.3. The number of nitrogens with one attached hydrogen (secondary N) is 1. The third-order valence-electron chi connectivity index (χ3n) is 5.57. The number of aryl methyl sites for hydroxylation is 1. The molecular formula is C21H28N6OS2. The summed E-state index contributed by atoms with van der Waals surface area (Å²) in [5.74, 6) is 1.15. The molecule has 0 saturated carbocycles. The fourth-order valence-electron chi connectivity index (χ4n) is 3.17. The molecule has 2 heterocycles. The number of nitrogens with two attached hydrogens (primary N) is 1. The molecule has 0 aliphatic rings. The van der Waals surface area contributed by atoms with Gasteiger partial charge in [-0.2, -0.15) is 0 Å². The monoisotopic (exact) mass is 444 g/mol. The highest BCUT2D eigenvalue weighted by atomic mass is 32.2. The zero-order valence-corrected chi connectivity index (χ0v) is 19.8. The Morgan fingerprint density at radius 2 is 2.10 bits per heavy atom. The van der Waals surface area contributed by atoms with Gasteiger partial charge in [-0.25, -0.2) is 4.98 Å². The summed E-state index contributed by atoms with van der Waals surface area (Å²) in [6.45, 7) is 10.7. The minimum absolute atomic E-state index is 0.0900. The van der Waals surface area contributed by atoms with Crippen molar-refractivity contribution in [3.8, 4) is 0 Å². The molecule has 0 spiro atoms. The van der Waals surface area contributed by atoms with Crippen molar-refractivity contribution in [1.29, 1.82) is 0 Å². The molecule has 160 valence electrons. The number of nitrogens with zero attached hydrogens (tertiary/aromatic N) is 4. The second-order valence-corrected chi connectivity index (χ2v) is 9.89. The van der Waals surface area contributed by atoms with Crippen molar-refractivity contribution in [2.24, 2.45) is 13.0 Å². The van der Waals surface area contributed by atoms with Crippen LogP contribution in [0.15, 0.2) is 33.6 Å². The van der Waals surface area contributed by atoms with Crippen molar-refractivity contribution >= 4 is 39.8 Å². The van der Waals surface area contributed by atoms with E-state index in [9.17, 15) is 4.79 Å². The summed E-state index contributed by atoms with van der Waals surface area (Å²) in [7, 11) is 1.98. The molecule has 0 radical (unpaired) electrons. The highest BCUT2D eigenvalue weighted by Crippen LogP contribution is 2.35. The zero-order chi connectivity index (χ0) is 22.1. The van der Waals surface area contributed by atoms with Gasteiger partial charge in [-0.1, -0.05) is 34.1 Å². The van der Waals surface area contributed by atoms with Gasteiger partial charge in [0.1, 0.15) is 5.82 Å². The highest BCUT2D eigenvalue weighted by Gasteiger charge is 2.32. The van der Waals surface area contributed by atoms with Crippen LogP contribution in [0.3, 0.4) is 0 Å². The SMILES string of the molecule is CCC(C)C(C)(C)c1nnc(Sc2ccc(N)c(C(=O)Nc3nc(C)cs3)c2)n1C. The van der Waals surface area contributed by atoms with Crippen LogP contribution in [0.2, 0.25) is 0 Å². The van der Waals surface area contributed by atoms with Gasteiger partial charge in [0.15, 0.2) is 10.3 Å². The predicted molar refractivity (Wildman–Crippen MR) is 123 cm³/mol. The van der Waals surface area contributed by atoms with E-state index in [1.165, 1.54) is 23.1 Å². The number of hydrogen-bond acceptors (Lipinski definition) is 7. The zero-order valence-electron chi connectivity index (χ0n) is 18.2. The van der Waals surface area contributed by atoms with E-state index in [2.05, 4.69) is 48.2 Å². The molecular weight excluding hydrogens is 416 g/mol. The first-order valence-corrected chi connectivity index (χ1v) is 11.5. The van der Waals surface area contributed by atoms with E-state index < -0.39 is 0 Å². The fourth-order valence-corrected chi connectivity index (χ4v) is 4.68. The second kappa shape index (κ2) is 8.77. The lowest BCUT2D eigenvalue weighted by molar-refractivity contribution is 0.102. The molecule has 7 nitrogen and oxygen atoms in total. The lowest BCUT2D eigenvalue weighted by atomic mass is 9.78. The Balaban J connectivity index is 1.83. The number of anilines is 2. The summed E-state index contributed by atoms with van der Waals surface area (Å²) >= 11 is 2.85. The van der Waals surface area contributed by atoms with Crippen LogP contribution < -0.4 is 11.1 Å². The second-order valence-electron chi connectivity index (χ2n) is 8.00. The molecule has 1 amide bonds. The molecule has 3 aromatic rings. The van der Waals surface area contributed by atoms with E-state index in [-0.39, 0.29) is 11.3 Å². The van der Waals surface area contributed by atoms with Gasteiger partial charge < -0.3 is 10.3 Å². The van der Waals surface area contributed by atoms with Crippen molar-refractivity contribution in [2.45, 2.75) is 56.5 Å². The number of amides is 1. The molecule has 30 heavy (non-hydrogen) atoms. The van der Waals surface area contributed by atoms with Gasteiger partial charge in [-0.05, 0) is 42.8 Å². The molecule has 3 rings (SSSR count). The molecule has 0 saturated heterocycles. The Morgan fingerprint density at radius 3 is 2.73 bits per heavy atom. The van der Waals surface area contributed by atoms with Crippen LogP contribution in [0, 0.1) is 12.8 Å². The first-order valence-electron chi connectivity index (χ1n) is 9.84. The molecule has 0 bridgehead atoms. The van der Waals surface area contributed by atoms with Crippen LogP contribution in [-0.4, -0.2) is 25.7 Å². The van der Waals surface area contributed by atoms with Crippen LogP contribution in [-0.2, 0) is 12.5 Å². The van der Waals surface area contributed by atoms with Gasteiger partial charge in [0, 0.05) is 28.4 Å². The summed E-state index contributed by atoms with van der Waals surface area (Å²) in [4.78, 5) is 17.8. The minimum Gasteiger partial charge on any atom is -0.398 e. The average Bonchev–Trinajstić information content (AvgIpc) is 3.28. The molecule has 1 atom stereocenters. The molecule has 0 aliphatic carbocycles. The number of aromatic nitrogens is 4. The van der Waals surface area contributed by atoms with Gasteiger partial charge >= 0.3 is 0 Å². The quantitative estimate of drug-likeness (QED) is 0.504. The number of thiazole rings is 1. The Morgan fingerprint density at radius 1 is 1.37 bits per heavy atom. The molecule has 3 N–H and O–H groups in total. The van der Waals surface area contributed by atoms with Gasteiger partial charge in [0.25, 0.3) is 5.91 Å². The van der Waals surface area contributed by atoms with Crippen molar-refractivity contribution in [3.63, 3.8) is 0 Å². The minimum atomic E-state index is -0.277. The fraction of sp³-hybridized carbons (Fsp3) is 0.429. The Kier molecular flexibility index (Phi) is 6.52. The first-order chi connectivity index (χ1) is 14.1. The van der Waals surface area contributed by atoms with Crippen LogP contribution in [0.25, 0.3) is 0 Å². The molecule has 1 unspecified atom stereocenters. The van der Waals surface area contributed by atoms with Crippen molar-refractivity contribution in [2.75, 3.05) is 11.1 Å². The lowest BCUT2D eigenvalue weighted by Gasteiger charge is -2.29. The van der Waals surface area contributed by atoms with E-state index in [1.807, 2.05) is 30.0 Å². The normalized spacial score (nSPS) is 12.7. The maximum absolute atomic E-state index is 12.7. The van der Waals surface area contributed by atoms with Gasteiger partial charge in [0.05, 0.1) is 11.3 Å². The Bertz CT molecular complexity index is 1060. The van der Waals surface area contributed by atoms with Crippen LogP contribution in [0.4, 0.5) is 10.8 Å². The molecule has 0 fully saturated rings. The van der Waals surface area contributed by atoms with Crippen LogP contribution in [0.5, 0.6) is 0 Å². The average molecular weight is 445 g/mol. The van der Waals surface area contributed by atoms with Crippen molar-refractivity contribution in [1.82, 2.24) is 19.7 Å². The maximum Gasteiger partial charge on any atom is 0.259 e. The van der Waals surface area contributed by atoms with Crippen molar-refractivity contribution < 1.29 is 4.79 Å². The summed E-state index contributed by atoms with van der Waals surface area (Å²) in [6.07, 6.45) is 1.07. The molecule has 1 aromatic carbocycles. The predicted octanol–water partition coefficient (Wildman–Crippen LogP) is 4.89. The smallest absolute Gasteiger partial charge is 0.259 e. The van der Waals surface area contributed by atoms with Gasteiger partial charge in [0.2, 0.25) is 0 Å². The molecule has 0 aliphatic heterocycles. The van der Waals surface area contributed by atoms with Crippen molar-refractivity contribution in [3.05, 3.63) is 40.7 Å². The highest BCUT2D eigenvalue weighted by molar-refractivity contribution is 7.99. The van der Waals surface area contributed by atoms with Gasteiger partial charge in [-0.15, -0.1) is 21.5 Å². The third-order valence-corrected chi connectivity index (χ3v) is 7.48. The standard InChI is InChI=1S/C21H28N6OS2/c1-7-12(2)21(4,5)18-25-26-20(27(18)6)30-14-8-9-16(22)15(10-14)17(28)24-19-23-13(3)11-29-19/h8-12H,7,22H2,1-6H3,(H,23,24,28). The number of hydrogen-bond donors (Lipinski definition) is 2. The van der Waals surface area contributed by atoms with E-state index in [4.69, 9.17) is 5.73 Å². The number of benzene rings is 1. The topological polar surface area (TPSA) is 98.7 Å². The van der Waals surface area contributed by atoms with E-state index >= 15 is 0 Å². The van der Waals surface area contributed by atoms with E-state index in [0.29, 0.717) is 22.3 Å². The Labute approximate surface area is 185 Å². The van der Waals surface area contributed by atoms with Crippen LogP contribution in [0.1, 0.15) is 56.0 Å². The largest absolute Gasteiger partial charge is 0.398 e. The summed E-state index contributed by atoms with van der Waals surface area (Å²) in [6, 6.07) is 5.41. The number of nitrogen functional groups attached to an aromatic ring is 1. The molecule has 9 heteroatoms. The summed E-state index contributed by atoms with van der Waals surface area (Å²) in [5, 5.41) is 14.9. The summed E-state index contributed by atoms with van der Waals surface area (Å²) < 4.78 is 2.03. The third kappa shape index (κ3) is 4.52. The maximum atomic E-state index is 12.7. The number of carbonyl (C=O) groups excluding carboxylic acids is 1. The summed E-state index contributed by atoms with van der Waals surface area (Å²) in [5.41, 5.74) is 7.67. The number of carbonyl (C=O) groups is 1.